The second kappa shape index (κ2) is 10.0. The molecule has 0 saturated carbocycles. The summed E-state index contributed by atoms with van der Waals surface area (Å²) in [6, 6.07) is 12.4. The highest BCUT2D eigenvalue weighted by Gasteiger charge is 2.18. The molecule has 4 rings (SSSR count). The lowest BCUT2D eigenvalue weighted by Crippen LogP contribution is -2.19. The predicted octanol–water partition coefficient (Wildman–Crippen LogP) is 5.25. The maximum Gasteiger partial charge on any atom is 0.230 e. The molecule has 1 fully saturated rings. The second-order valence-electron chi connectivity index (χ2n) is 7.51. The summed E-state index contributed by atoms with van der Waals surface area (Å²) in [4.78, 5) is 17.2. The zero-order chi connectivity index (χ0) is 21.6. The number of carbonyl (C=O) groups is 1. The van der Waals surface area contributed by atoms with Crippen LogP contribution in [0.15, 0.2) is 47.8 Å². The van der Waals surface area contributed by atoms with Crippen molar-refractivity contribution in [2.45, 2.75) is 38.7 Å². The van der Waals surface area contributed by atoms with Gasteiger partial charge in [-0.2, -0.15) is 0 Å². The second-order valence-corrected chi connectivity index (χ2v) is 8.36. The van der Waals surface area contributed by atoms with Crippen molar-refractivity contribution < 1.29 is 18.7 Å². The van der Waals surface area contributed by atoms with E-state index in [9.17, 15) is 9.18 Å². The Bertz CT molecular complexity index is 1030. The van der Waals surface area contributed by atoms with Crippen LogP contribution in [-0.4, -0.2) is 30.2 Å². The molecule has 1 aromatic heterocycles. The zero-order valence-corrected chi connectivity index (χ0v) is 18.2. The lowest BCUT2D eigenvalue weighted by molar-refractivity contribution is -0.115. The van der Waals surface area contributed by atoms with E-state index in [0.717, 1.165) is 36.4 Å². The fraction of sp³-hybridized carbons (Fsp3) is 0.333. The molecule has 0 spiro atoms. The van der Waals surface area contributed by atoms with Crippen molar-refractivity contribution in [3.63, 3.8) is 0 Å². The third-order valence-corrected chi connectivity index (χ3v) is 6.11. The van der Waals surface area contributed by atoms with Crippen LogP contribution in [-0.2, 0) is 22.4 Å². The third-order valence-electron chi connectivity index (χ3n) is 5.17. The molecular formula is C24H25FN2O3S. The Labute approximate surface area is 185 Å². The minimum absolute atomic E-state index is 0.0356. The summed E-state index contributed by atoms with van der Waals surface area (Å²) in [7, 11) is 0. The minimum atomic E-state index is -0.439. The number of hydrogen-bond donors (Lipinski definition) is 1. The van der Waals surface area contributed by atoms with Crippen LogP contribution in [0, 0.1) is 5.82 Å². The average Bonchev–Trinajstić information content (AvgIpc) is 3.45. The summed E-state index contributed by atoms with van der Waals surface area (Å²) in [6.45, 7) is 3.23. The van der Waals surface area contributed by atoms with Gasteiger partial charge in [0, 0.05) is 23.6 Å². The first-order valence-electron chi connectivity index (χ1n) is 10.5. The molecule has 162 valence electrons. The Morgan fingerprint density at radius 1 is 1.29 bits per heavy atom. The summed E-state index contributed by atoms with van der Waals surface area (Å²) in [5.41, 5.74) is 3.29. The van der Waals surface area contributed by atoms with Crippen LogP contribution in [0.3, 0.4) is 0 Å². The standard InChI is InChI=1S/C24H25FN2O3S/c1-2-16-5-7-17(8-6-16)24-26-19(15-31-24)13-23(28)27-21-12-18(25)9-10-22(21)30-14-20-4-3-11-29-20/h5-10,12,15,20H,2-4,11,13-14H2,1H3,(H,27,28). The van der Waals surface area contributed by atoms with Crippen molar-refractivity contribution >= 4 is 22.9 Å². The lowest BCUT2D eigenvalue weighted by Gasteiger charge is -2.15. The predicted molar refractivity (Wildman–Crippen MR) is 120 cm³/mol. The molecule has 0 bridgehead atoms. The molecule has 1 amide bonds. The van der Waals surface area contributed by atoms with E-state index in [1.165, 1.54) is 35.1 Å². The first-order chi connectivity index (χ1) is 15.1. The molecule has 0 aliphatic carbocycles. The van der Waals surface area contributed by atoms with E-state index < -0.39 is 5.82 Å². The summed E-state index contributed by atoms with van der Waals surface area (Å²) in [6.07, 6.45) is 3.08. The minimum Gasteiger partial charge on any atom is -0.489 e. The Kier molecular flexibility index (Phi) is 6.94. The molecule has 5 nitrogen and oxygen atoms in total. The van der Waals surface area contributed by atoms with E-state index >= 15 is 0 Å². The SMILES string of the molecule is CCc1ccc(-c2nc(CC(=O)Nc3cc(F)ccc3OCC3CCCO3)cs2)cc1. The highest BCUT2D eigenvalue weighted by Crippen LogP contribution is 2.28. The molecule has 31 heavy (non-hydrogen) atoms. The van der Waals surface area contributed by atoms with Gasteiger partial charge in [-0.25, -0.2) is 9.37 Å². The van der Waals surface area contributed by atoms with Crippen LogP contribution in [0.25, 0.3) is 10.6 Å². The quantitative estimate of drug-likeness (QED) is 0.520. The van der Waals surface area contributed by atoms with Crippen molar-refractivity contribution in [2.24, 2.45) is 0 Å². The van der Waals surface area contributed by atoms with Gasteiger partial charge < -0.3 is 14.8 Å². The maximum absolute atomic E-state index is 13.8. The van der Waals surface area contributed by atoms with Crippen molar-refractivity contribution in [3.05, 3.63) is 64.9 Å². The first kappa shape index (κ1) is 21.5. The Balaban J connectivity index is 1.39. The molecule has 2 heterocycles. The molecule has 2 aromatic carbocycles. The number of nitrogens with zero attached hydrogens (tertiary/aromatic N) is 1. The number of benzene rings is 2. The maximum atomic E-state index is 13.8. The van der Waals surface area contributed by atoms with Gasteiger partial charge in [-0.3, -0.25) is 4.79 Å². The number of aromatic nitrogens is 1. The van der Waals surface area contributed by atoms with Gasteiger partial charge in [-0.05, 0) is 37.0 Å². The number of ether oxygens (including phenoxy) is 2. The fourth-order valence-electron chi connectivity index (χ4n) is 3.45. The highest BCUT2D eigenvalue weighted by molar-refractivity contribution is 7.13. The van der Waals surface area contributed by atoms with Crippen molar-refractivity contribution in [3.8, 4) is 16.3 Å². The van der Waals surface area contributed by atoms with Crippen molar-refractivity contribution in [2.75, 3.05) is 18.5 Å². The summed E-state index contributed by atoms with van der Waals surface area (Å²) >= 11 is 1.50. The largest absolute Gasteiger partial charge is 0.489 e. The number of halogens is 1. The number of aryl methyl sites for hydroxylation is 1. The molecule has 3 aromatic rings. The molecule has 1 unspecified atom stereocenters. The van der Waals surface area contributed by atoms with Crippen molar-refractivity contribution in [1.29, 1.82) is 0 Å². The number of carbonyl (C=O) groups excluding carboxylic acids is 1. The van der Waals surface area contributed by atoms with E-state index in [0.29, 0.717) is 23.7 Å². The molecule has 1 N–H and O–H groups in total. The van der Waals surface area contributed by atoms with Crippen LogP contribution in [0.5, 0.6) is 5.75 Å². The Hall–Kier alpha value is -2.77. The van der Waals surface area contributed by atoms with Gasteiger partial charge in [0.2, 0.25) is 5.91 Å². The van der Waals surface area contributed by atoms with E-state index in [2.05, 4.69) is 29.4 Å². The van der Waals surface area contributed by atoms with Gasteiger partial charge >= 0.3 is 0 Å². The van der Waals surface area contributed by atoms with E-state index in [4.69, 9.17) is 9.47 Å². The topological polar surface area (TPSA) is 60.5 Å². The van der Waals surface area contributed by atoms with Crippen LogP contribution >= 0.6 is 11.3 Å². The molecule has 7 heteroatoms. The number of amides is 1. The van der Waals surface area contributed by atoms with Gasteiger partial charge in [-0.1, -0.05) is 31.2 Å². The van der Waals surface area contributed by atoms with Gasteiger partial charge in [0.1, 0.15) is 23.2 Å². The average molecular weight is 441 g/mol. The third kappa shape index (κ3) is 5.68. The van der Waals surface area contributed by atoms with Crippen molar-refractivity contribution in [1.82, 2.24) is 4.98 Å². The van der Waals surface area contributed by atoms with Gasteiger partial charge in [-0.15, -0.1) is 11.3 Å². The molecular weight excluding hydrogens is 415 g/mol. The summed E-state index contributed by atoms with van der Waals surface area (Å²) in [5, 5.41) is 5.51. The number of hydrogen-bond acceptors (Lipinski definition) is 5. The molecule has 1 saturated heterocycles. The Morgan fingerprint density at radius 3 is 2.87 bits per heavy atom. The monoisotopic (exact) mass is 440 g/mol. The van der Waals surface area contributed by atoms with Gasteiger partial charge in [0.05, 0.1) is 23.9 Å². The van der Waals surface area contributed by atoms with Crippen LogP contribution in [0.4, 0.5) is 10.1 Å². The van der Waals surface area contributed by atoms with E-state index in [1.54, 1.807) is 0 Å². The molecule has 1 aliphatic heterocycles. The number of thiazole rings is 1. The smallest absolute Gasteiger partial charge is 0.230 e. The number of anilines is 1. The summed E-state index contributed by atoms with van der Waals surface area (Å²) < 4.78 is 25.1. The Morgan fingerprint density at radius 2 is 2.13 bits per heavy atom. The lowest BCUT2D eigenvalue weighted by atomic mass is 10.1. The van der Waals surface area contributed by atoms with E-state index in [1.807, 2.05) is 17.5 Å². The van der Waals surface area contributed by atoms with Gasteiger partial charge in [0.25, 0.3) is 0 Å². The van der Waals surface area contributed by atoms with E-state index in [-0.39, 0.29) is 18.4 Å². The number of nitrogens with one attached hydrogen (secondary N) is 1. The molecule has 1 aliphatic rings. The van der Waals surface area contributed by atoms with Crippen LogP contribution in [0.1, 0.15) is 31.0 Å². The van der Waals surface area contributed by atoms with Gasteiger partial charge in [0.15, 0.2) is 0 Å². The number of rotatable bonds is 8. The normalized spacial score (nSPS) is 15.7. The highest BCUT2D eigenvalue weighted by atomic mass is 32.1. The molecule has 1 atom stereocenters. The molecule has 0 radical (unpaired) electrons. The first-order valence-corrected chi connectivity index (χ1v) is 11.4. The summed E-state index contributed by atoms with van der Waals surface area (Å²) in [5.74, 6) is -0.280. The van der Waals surface area contributed by atoms with Crippen LogP contribution in [0.2, 0.25) is 0 Å². The fourth-order valence-corrected chi connectivity index (χ4v) is 4.27. The zero-order valence-electron chi connectivity index (χ0n) is 17.4. The van der Waals surface area contributed by atoms with Crippen LogP contribution < -0.4 is 10.1 Å².